The molecule has 0 atom stereocenters. The van der Waals surface area contributed by atoms with Gasteiger partial charge in [-0.25, -0.2) is 0 Å². The van der Waals surface area contributed by atoms with Crippen LogP contribution in [0, 0.1) is 0 Å². The summed E-state index contributed by atoms with van der Waals surface area (Å²) in [5.41, 5.74) is 1.54. The van der Waals surface area contributed by atoms with E-state index in [1.165, 1.54) is 6.07 Å². The van der Waals surface area contributed by atoms with Crippen LogP contribution >= 0.6 is 15.9 Å². The normalized spacial score (nSPS) is 10.9. The van der Waals surface area contributed by atoms with E-state index in [2.05, 4.69) is 26.2 Å². The van der Waals surface area contributed by atoms with Gasteiger partial charge in [0, 0.05) is 30.3 Å². The fourth-order valence-corrected chi connectivity index (χ4v) is 1.91. The van der Waals surface area contributed by atoms with Crippen molar-refractivity contribution in [3.63, 3.8) is 0 Å². The average molecular weight is 336 g/mol. The molecule has 0 aliphatic rings. The number of azo groups is 1. The van der Waals surface area contributed by atoms with E-state index >= 15 is 0 Å². The maximum atomic E-state index is 9.89. The molecule has 0 spiro atoms. The number of nitrogens with zero attached hydrogens (tertiary/aromatic N) is 3. The van der Waals surface area contributed by atoms with Crippen LogP contribution in [0.25, 0.3) is 0 Å². The zero-order chi connectivity index (χ0) is 14.7. The molecule has 5 nitrogen and oxygen atoms in total. The Morgan fingerprint density at radius 3 is 2.25 bits per heavy atom. The second-order valence-electron chi connectivity index (χ2n) is 4.40. The maximum absolute atomic E-state index is 9.89. The quantitative estimate of drug-likeness (QED) is 0.819. The van der Waals surface area contributed by atoms with Gasteiger partial charge >= 0.3 is 0 Å². The van der Waals surface area contributed by atoms with Crippen molar-refractivity contribution in [3.8, 4) is 11.5 Å². The van der Waals surface area contributed by atoms with Gasteiger partial charge in [0.15, 0.2) is 0 Å². The van der Waals surface area contributed by atoms with Crippen molar-refractivity contribution in [2.75, 3.05) is 19.0 Å². The summed E-state index contributed by atoms with van der Waals surface area (Å²) in [4.78, 5) is 1.88. The topological polar surface area (TPSA) is 68.4 Å². The van der Waals surface area contributed by atoms with Crippen molar-refractivity contribution in [1.29, 1.82) is 0 Å². The summed E-state index contributed by atoms with van der Waals surface area (Å²) in [6.45, 7) is 0. The van der Waals surface area contributed by atoms with Crippen LogP contribution in [0.5, 0.6) is 11.5 Å². The third-order valence-corrected chi connectivity index (χ3v) is 3.17. The van der Waals surface area contributed by atoms with Crippen LogP contribution in [0.3, 0.4) is 0 Å². The van der Waals surface area contributed by atoms with Gasteiger partial charge in [-0.3, -0.25) is 0 Å². The molecule has 2 N–H and O–H groups in total. The second-order valence-corrected chi connectivity index (χ2v) is 5.32. The molecule has 0 saturated carbocycles. The zero-order valence-corrected chi connectivity index (χ0v) is 12.7. The Bertz CT molecular complexity index is 657. The highest BCUT2D eigenvalue weighted by Gasteiger charge is 2.04. The molecule has 6 heteroatoms. The van der Waals surface area contributed by atoms with E-state index in [-0.39, 0.29) is 11.5 Å². The lowest BCUT2D eigenvalue weighted by molar-refractivity contribution is 0.474. The smallest absolute Gasteiger partial charge is 0.145 e. The molecule has 0 aliphatic carbocycles. The van der Waals surface area contributed by atoms with E-state index in [1.807, 2.05) is 25.1 Å². The Balaban J connectivity index is 2.30. The van der Waals surface area contributed by atoms with Gasteiger partial charge in [-0.05, 0) is 30.3 Å². The third-order valence-electron chi connectivity index (χ3n) is 2.68. The Morgan fingerprint density at radius 2 is 1.60 bits per heavy atom. The molecular weight excluding hydrogens is 322 g/mol. The van der Waals surface area contributed by atoms with Crippen LogP contribution in [-0.2, 0) is 0 Å². The lowest BCUT2D eigenvalue weighted by Gasteiger charge is -2.12. The predicted molar refractivity (Wildman–Crippen MR) is 82.4 cm³/mol. The van der Waals surface area contributed by atoms with Crippen molar-refractivity contribution in [2.24, 2.45) is 10.2 Å². The summed E-state index contributed by atoms with van der Waals surface area (Å²) in [6, 6.07) is 9.97. The summed E-state index contributed by atoms with van der Waals surface area (Å²) in [5, 5.41) is 27.4. The van der Waals surface area contributed by atoms with Gasteiger partial charge in [-0.2, -0.15) is 0 Å². The molecule has 0 saturated heterocycles. The van der Waals surface area contributed by atoms with Crippen molar-refractivity contribution in [2.45, 2.75) is 0 Å². The number of hydrogen-bond acceptors (Lipinski definition) is 5. The Kier molecular flexibility index (Phi) is 4.24. The van der Waals surface area contributed by atoms with Crippen molar-refractivity contribution in [3.05, 3.63) is 40.9 Å². The molecule has 104 valence electrons. The van der Waals surface area contributed by atoms with E-state index < -0.39 is 0 Å². The Hall–Kier alpha value is -2.08. The summed E-state index contributed by atoms with van der Waals surface area (Å²) in [7, 11) is 3.77. The first kappa shape index (κ1) is 14.3. The summed E-state index contributed by atoms with van der Waals surface area (Å²) in [5.74, 6) is 0.0655. The Labute approximate surface area is 125 Å². The zero-order valence-electron chi connectivity index (χ0n) is 11.1. The van der Waals surface area contributed by atoms with Gasteiger partial charge in [-0.1, -0.05) is 15.9 Å². The van der Waals surface area contributed by atoms with Crippen molar-refractivity contribution < 1.29 is 10.2 Å². The minimum absolute atomic E-state index is 0.0290. The first-order valence-electron chi connectivity index (χ1n) is 5.88. The number of rotatable bonds is 3. The van der Waals surface area contributed by atoms with Gasteiger partial charge in [-0.15, -0.1) is 10.2 Å². The number of phenols is 2. The summed E-state index contributed by atoms with van der Waals surface area (Å²) in [6.07, 6.45) is 0. The lowest BCUT2D eigenvalue weighted by Crippen LogP contribution is -2.07. The average Bonchev–Trinajstić information content (AvgIpc) is 2.40. The van der Waals surface area contributed by atoms with Crippen LogP contribution in [0.4, 0.5) is 17.1 Å². The highest BCUT2D eigenvalue weighted by molar-refractivity contribution is 9.10. The van der Waals surface area contributed by atoms with Gasteiger partial charge in [0.2, 0.25) is 0 Å². The lowest BCUT2D eigenvalue weighted by atomic mass is 10.2. The standard InChI is InChI=1S/C14H14BrN3O2/c1-18(2)10-4-5-11(14(20)8-10)16-17-12-7-9(15)3-6-13(12)19/h3-8,19-20H,1-2H3. The largest absolute Gasteiger partial charge is 0.506 e. The number of phenolic OH excluding ortho intramolecular Hbond substituents is 2. The molecule has 2 aromatic rings. The number of anilines is 1. The molecule has 0 unspecified atom stereocenters. The molecule has 0 bridgehead atoms. The van der Waals surface area contributed by atoms with E-state index in [4.69, 9.17) is 0 Å². The molecule has 0 radical (unpaired) electrons. The van der Waals surface area contributed by atoms with Gasteiger partial charge in [0.25, 0.3) is 0 Å². The minimum Gasteiger partial charge on any atom is -0.506 e. The predicted octanol–water partition coefficient (Wildman–Crippen LogP) is 4.34. The van der Waals surface area contributed by atoms with Gasteiger partial charge in [0.05, 0.1) is 0 Å². The highest BCUT2D eigenvalue weighted by atomic mass is 79.9. The molecule has 0 aliphatic heterocycles. The van der Waals surface area contributed by atoms with Gasteiger partial charge in [0.1, 0.15) is 22.9 Å². The fraction of sp³-hybridized carbons (Fsp3) is 0.143. The minimum atomic E-state index is 0.0290. The van der Waals surface area contributed by atoms with E-state index in [1.54, 1.807) is 24.3 Å². The molecule has 2 aromatic carbocycles. The van der Waals surface area contributed by atoms with Crippen LogP contribution in [-0.4, -0.2) is 24.3 Å². The maximum Gasteiger partial charge on any atom is 0.145 e. The van der Waals surface area contributed by atoms with Crippen LogP contribution in [0.1, 0.15) is 0 Å². The van der Waals surface area contributed by atoms with Crippen LogP contribution in [0.2, 0.25) is 0 Å². The van der Waals surface area contributed by atoms with E-state index in [9.17, 15) is 10.2 Å². The first-order chi connectivity index (χ1) is 9.47. The molecule has 0 heterocycles. The Morgan fingerprint density at radius 1 is 0.900 bits per heavy atom. The fourth-order valence-electron chi connectivity index (χ4n) is 1.56. The molecule has 2 rings (SSSR count). The van der Waals surface area contributed by atoms with Crippen molar-refractivity contribution >= 4 is 33.0 Å². The van der Waals surface area contributed by atoms with Gasteiger partial charge < -0.3 is 15.1 Å². The first-order valence-corrected chi connectivity index (χ1v) is 6.67. The monoisotopic (exact) mass is 335 g/mol. The van der Waals surface area contributed by atoms with E-state index in [0.29, 0.717) is 11.4 Å². The second kappa shape index (κ2) is 5.92. The molecule has 20 heavy (non-hydrogen) atoms. The third kappa shape index (κ3) is 3.27. The number of halogens is 1. The van der Waals surface area contributed by atoms with Crippen LogP contribution < -0.4 is 4.90 Å². The number of aromatic hydroxyl groups is 2. The highest BCUT2D eigenvalue weighted by Crippen LogP contribution is 2.34. The van der Waals surface area contributed by atoms with Crippen molar-refractivity contribution in [1.82, 2.24) is 0 Å². The molecular formula is C14H14BrN3O2. The van der Waals surface area contributed by atoms with E-state index in [0.717, 1.165) is 10.2 Å². The van der Waals surface area contributed by atoms with Crippen LogP contribution in [0.15, 0.2) is 51.1 Å². The molecule has 0 amide bonds. The summed E-state index contributed by atoms with van der Waals surface area (Å²) < 4.78 is 0.788. The SMILES string of the molecule is CN(C)c1ccc(N=Nc2cc(Br)ccc2O)c(O)c1. The number of hydrogen-bond donors (Lipinski definition) is 2. The number of benzene rings is 2. The molecule has 0 aromatic heterocycles. The molecule has 0 fully saturated rings. The summed E-state index contributed by atoms with van der Waals surface area (Å²) >= 11 is 3.29.